The molecule has 31 heavy (non-hydrogen) atoms. The number of aromatic nitrogens is 1. The number of para-hydroxylation sites is 1. The van der Waals surface area contributed by atoms with Gasteiger partial charge < -0.3 is 5.73 Å². The second-order valence-corrected chi connectivity index (χ2v) is 7.88. The third-order valence-electron chi connectivity index (χ3n) is 5.26. The molecule has 4 rings (SSSR count). The molecule has 0 saturated heterocycles. The molecule has 2 atom stereocenters. The van der Waals surface area contributed by atoms with E-state index >= 15 is 0 Å². The van der Waals surface area contributed by atoms with Crippen molar-refractivity contribution in [2.24, 2.45) is 11.7 Å². The second kappa shape index (κ2) is 8.68. The topological polar surface area (TPSA) is 83.0 Å². The summed E-state index contributed by atoms with van der Waals surface area (Å²) in [6, 6.07) is 21.8. The van der Waals surface area contributed by atoms with Crippen LogP contribution in [0.4, 0.5) is 5.69 Å². The lowest BCUT2D eigenvalue weighted by molar-refractivity contribution is 0.0945. The van der Waals surface area contributed by atoms with E-state index in [2.05, 4.69) is 11.1 Å². The molecule has 1 aliphatic rings. The highest BCUT2D eigenvalue weighted by atomic mass is 35.5. The van der Waals surface area contributed by atoms with Crippen LogP contribution < -0.4 is 10.6 Å². The Labute approximate surface area is 190 Å². The molecule has 2 aromatic carbocycles. The van der Waals surface area contributed by atoms with Gasteiger partial charge in [0.1, 0.15) is 10.8 Å². The molecule has 152 valence electrons. The maximum atomic E-state index is 13.7. The molecule has 2 heterocycles. The maximum Gasteiger partial charge on any atom is 0.173 e. The number of carbonyl (C=O) groups excluding carboxylic acids is 1. The zero-order valence-corrected chi connectivity index (χ0v) is 17.8. The number of halogens is 1. The summed E-state index contributed by atoms with van der Waals surface area (Å²) in [6.07, 6.45) is 3.11. The Morgan fingerprint density at radius 3 is 2.32 bits per heavy atom. The SMILES string of the molecule is N#CC1=C(N)N(c2ccccc2)C(=S)C(C(=O)c2ccncc2)C1c1ccc(Cl)cc1. The van der Waals surface area contributed by atoms with Crippen molar-refractivity contribution in [2.45, 2.75) is 5.92 Å². The van der Waals surface area contributed by atoms with Gasteiger partial charge in [-0.25, -0.2) is 0 Å². The number of pyridine rings is 1. The van der Waals surface area contributed by atoms with Crippen molar-refractivity contribution >= 4 is 40.3 Å². The molecule has 0 bridgehead atoms. The zero-order valence-electron chi connectivity index (χ0n) is 16.3. The lowest BCUT2D eigenvalue weighted by Crippen LogP contribution is -2.48. The fourth-order valence-electron chi connectivity index (χ4n) is 3.81. The number of nitrogens with zero attached hydrogens (tertiary/aromatic N) is 3. The molecule has 3 aromatic rings. The Hall–Kier alpha value is -3.53. The summed E-state index contributed by atoms with van der Waals surface area (Å²) in [7, 11) is 0. The van der Waals surface area contributed by atoms with Crippen molar-refractivity contribution < 1.29 is 4.79 Å². The summed E-state index contributed by atoms with van der Waals surface area (Å²) >= 11 is 11.9. The minimum atomic E-state index is -0.805. The number of benzene rings is 2. The van der Waals surface area contributed by atoms with Crippen molar-refractivity contribution in [1.29, 1.82) is 5.26 Å². The monoisotopic (exact) mass is 444 g/mol. The Bertz CT molecular complexity index is 1200. The molecule has 1 aliphatic heterocycles. The van der Waals surface area contributed by atoms with Crippen LogP contribution in [0.25, 0.3) is 0 Å². The van der Waals surface area contributed by atoms with E-state index in [1.54, 1.807) is 53.7 Å². The predicted octanol–water partition coefficient (Wildman–Crippen LogP) is 4.86. The minimum absolute atomic E-state index is 0.200. The number of thiocarbonyl (C=S) groups is 1. The van der Waals surface area contributed by atoms with Gasteiger partial charge in [0.05, 0.1) is 17.6 Å². The van der Waals surface area contributed by atoms with Gasteiger partial charge in [0.25, 0.3) is 0 Å². The summed E-state index contributed by atoms with van der Waals surface area (Å²) in [5, 5.41) is 10.6. The summed E-state index contributed by atoms with van der Waals surface area (Å²) in [5.41, 5.74) is 8.65. The molecule has 0 aliphatic carbocycles. The fraction of sp³-hybridized carbons (Fsp3) is 0.0833. The normalized spacial score (nSPS) is 18.6. The van der Waals surface area contributed by atoms with E-state index in [0.29, 0.717) is 21.3 Å². The first-order chi connectivity index (χ1) is 15.0. The molecule has 2 unspecified atom stereocenters. The van der Waals surface area contributed by atoms with Gasteiger partial charge in [-0.3, -0.25) is 14.7 Å². The quantitative estimate of drug-likeness (QED) is 0.457. The predicted molar refractivity (Wildman–Crippen MR) is 125 cm³/mol. The second-order valence-electron chi connectivity index (χ2n) is 7.03. The Morgan fingerprint density at radius 2 is 1.71 bits per heavy atom. The van der Waals surface area contributed by atoms with E-state index in [9.17, 15) is 10.1 Å². The van der Waals surface area contributed by atoms with Crippen LogP contribution in [0.15, 0.2) is 90.5 Å². The van der Waals surface area contributed by atoms with E-state index in [0.717, 1.165) is 5.56 Å². The highest BCUT2D eigenvalue weighted by Crippen LogP contribution is 2.42. The number of anilines is 1. The van der Waals surface area contributed by atoms with Crippen LogP contribution in [0.5, 0.6) is 0 Å². The van der Waals surface area contributed by atoms with E-state index < -0.39 is 11.8 Å². The van der Waals surface area contributed by atoms with Crippen LogP contribution in [0.3, 0.4) is 0 Å². The minimum Gasteiger partial charge on any atom is -0.384 e. The van der Waals surface area contributed by atoms with E-state index in [4.69, 9.17) is 29.6 Å². The first kappa shape index (κ1) is 20.7. The first-order valence-corrected chi connectivity index (χ1v) is 10.3. The fourth-order valence-corrected chi connectivity index (χ4v) is 4.38. The van der Waals surface area contributed by atoms with Crippen LogP contribution in [-0.2, 0) is 0 Å². The van der Waals surface area contributed by atoms with Crippen molar-refractivity contribution in [1.82, 2.24) is 4.98 Å². The lowest BCUT2D eigenvalue weighted by atomic mass is 9.74. The molecule has 7 heteroatoms. The third-order valence-corrected chi connectivity index (χ3v) is 5.95. The smallest absolute Gasteiger partial charge is 0.173 e. The summed E-state index contributed by atoms with van der Waals surface area (Å²) in [5.74, 6) is -1.41. The Balaban J connectivity index is 1.94. The van der Waals surface area contributed by atoms with Crippen molar-refractivity contribution in [3.63, 3.8) is 0 Å². The molecule has 2 N–H and O–H groups in total. The highest BCUT2D eigenvalue weighted by Gasteiger charge is 2.44. The number of nitrogens with two attached hydrogens (primary N) is 1. The van der Waals surface area contributed by atoms with Crippen LogP contribution in [0.1, 0.15) is 21.8 Å². The number of ketones is 1. The largest absolute Gasteiger partial charge is 0.384 e. The van der Waals surface area contributed by atoms with E-state index in [1.165, 1.54) is 0 Å². The van der Waals surface area contributed by atoms with Gasteiger partial charge >= 0.3 is 0 Å². The van der Waals surface area contributed by atoms with Crippen molar-refractivity contribution in [3.8, 4) is 6.07 Å². The van der Waals surface area contributed by atoms with Crippen LogP contribution in [-0.4, -0.2) is 15.8 Å². The third kappa shape index (κ3) is 3.81. The van der Waals surface area contributed by atoms with Crippen LogP contribution >= 0.6 is 23.8 Å². The Kier molecular flexibility index (Phi) is 5.81. The molecule has 1 aromatic heterocycles. The molecular formula is C24H17ClN4OS. The summed E-state index contributed by atoms with van der Waals surface area (Å²) in [4.78, 5) is 19.6. The maximum absolute atomic E-state index is 13.7. The van der Waals surface area contributed by atoms with E-state index in [1.807, 2.05) is 30.3 Å². The summed E-state index contributed by atoms with van der Waals surface area (Å²) in [6.45, 7) is 0. The van der Waals surface area contributed by atoms with Crippen LogP contribution in [0, 0.1) is 17.2 Å². The van der Waals surface area contributed by atoms with Gasteiger partial charge in [-0.2, -0.15) is 5.26 Å². The molecule has 0 spiro atoms. The molecule has 0 fully saturated rings. The number of hydrogen-bond donors (Lipinski definition) is 1. The number of hydrogen-bond acceptors (Lipinski definition) is 5. The van der Waals surface area contributed by atoms with Gasteiger partial charge in [-0.1, -0.05) is 54.2 Å². The van der Waals surface area contributed by atoms with Gasteiger partial charge in [-0.15, -0.1) is 0 Å². The van der Waals surface area contributed by atoms with Crippen molar-refractivity contribution in [3.05, 3.63) is 107 Å². The van der Waals surface area contributed by atoms with E-state index in [-0.39, 0.29) is 17.2 Å². The molecule has 0 radical (unpaired) electrons. The number of rotatable bonds is 4. The average Bonchev–Trinajstić information content (AvgIpc) is 2.80. The first-order valence-electron chi connectivity index (χ1n) is 9.51. The number of Topliss-reactive ketones (excluding diaryl/α,β-unsaturated/α-hetero) is 1. The average molecular weight is 445 g/mol. The number of nitriles is 1. The lowest BCUT2D eigenvalue weighted by Gasteiger charge is -2.39. The Morgan fingerprint density at radius 1 is 1.06 bits per heavy atom. The van der Waals surface area contributed by atoms with Crippen molar-refractivity contribution in [2.75, 3.05) is 4.90 Å². The van der Waals surface area contributed by atoms with Crippen LogP contribution in [0.2, 0.25) is 5.02 Å². The van der Waals surface area contributed by atoms with Gasteiger partial charge in [0.2, 0.25) is 0 Å². The number of carbonyl (C=O) groups is 1. The van der Waals surface area contributed by atoms with Gasteiger partial charge in [-0.05, 0) is 42.0 Å². The number of allylic oxidation sites excluding steroid dienone is 1. The van der Waals surface area contributed by atoms with Gasteiger partial charge in [0, 0.05) is 34.6 Å². The summed E-state index contributed by atoms with van der Waals surface area (Å²) < 4.78 is 0. The molecule has 0 amide bonds. The standard InChI is InChI=1S/C24H17ClN4OS/c25-17-8-6-15(7-9-17)20-19(14-26)23(27)29(18-4-2-1-3-5-18)24(31)21(20)22(30)16-10-12-28-13-11-16/h1-13,20-21H,27H2. The molecule has 0 saturated carbocycles. The zero-order chi connectivity index (χ0) is 22.0. The molecule has 5 nitrogen and oxygen atoms in total. The van der Waals surface area contributed by atoms with Gasteiger partial charge in [0.15, 0.2) is 5.78 Å². The highest BCUT2D eigenvalue weighted by molar-refractivity contribution is 7.80. The molecular weight excluding hydrogens is 428 g/mol.